The smallest absolute Gasteiger partial charge is 0.219 e. The van der Waals surface area contributed by atoms with E-state index in [1.165, 1.54) is 0 Å². The maximum Gasteiger partial charge on any atom is 0.219 e. The van der Waals surface area contributed by atoms with Crippen molar-refractivity contribution in [2.45, 2.75) is 44.4 Å². The molecule has 0 bridgehead atoms. The zero-order chi connectivity index (χ0) is 13.0. The minimum atomic E-state index is -3.51. The van der Waals surface area contributed by atoms with Gasteiger partial charge in [-0.2, -0.15) is 0 Å². The summed E-state index contributed by atoms with van der Waals surface area (Å²) in [7, 11) is -3.51. The predicted molar refractivity (Wildman–Crippen MR) is 63.1 cm³/mol. The highest BCUT2D eigenvalue weighted by Gasteiger charge is 2.30. The number of nitrogens with two attached hydrogens (primary N) is 2. The molecule has 0 aromatic carbocycles. The van der Waals surface area contributed by atoms with Crippen LogP contribution in [-0.4, -0.2) is 31.7 Å². The summed E-state index contributed by atoms with van der Waals surface area (Å²) in [5.74, 6) is -0.548. The highest BCUT2D eigenvalue weighted by Crippen LogP contribution is 2.13. The molecule has 0 radical (unpaired) electrons. The van der Waals surface area contributed by atoms with E-state index >= 15 is 0 Å². The number of rotatable bonds is 7. The minimum absolute atomic E-state index is 0.0484. The fourth-order valence-electron chi connectivity index (χ4n) is 1.45. The Morgan fingerprint density at radius 1 is 1.44 bits per heavy atom. The van der Waals surface area contributed by atoms with Gasteiger partial charge in [-0.05, 0) is 20.3 Å². The molecule has 5 N–H and O–H groups in total. The van der Waals surface area contributed by atoms with E-state index in [-0.39, 0.29) is 13.0 Å². The molecular weight excluding hydrogens is 230 g/mol. The van der Waals surface area contributed by atoms with Crippen molar-refractivity contribution in [3.05, 3.63) is 0 Å². The van der Waals surface area contributed by atoms with Gasteiger partial charge in [-0.25, -0.2) is 13.1 Å². The van der Waals surface area contributed by atoms with Crippen molar-refractivity contribution in [3.8, 4) is 0 Å². The molecule has 6 nitrogen and oxygen atoms in total. The van der Waals surface area contributed by atoms with Gasteiger partial charge in [0.1, 0.15) is 0 Å². The monoisotopic (exact) mass is 251 g/mol. The molecule has 1 amide bonds. The van der Waals surface area contributed by atoms with Crippen LogP contribution in [0, 0.1) is 0 Å². The van der Waals surface area contributed by atoms with Gasteiger partial charge in [0.2, 0.25) is 15.9 Å². The summed E-state index contributed by atoms with van der Waals surface area (Å²) in [6.07, 6.45) is 0.381. The number of carbonyl (C=O) groups excluding carboxylic acids is 1. The minimum Gasteiger partial charge on any atom is -0.370 e. The summed E-state index contributed by atoms with van der Waals surface area (Å²) in [5.41, 5.74) is 9.54. The third-order valence-electron chi connectivity index (χ3n) is 2.19. The fourth-order valence-corrected chi connectivity index (χ4v) is 3.15. The molecule has 0 aromatic rings. The first-order valence-electron chi connectivity index (χ1n) is 5.15. The van der Waals surface area contributed by atoms with Crippen LogP contribution in [0.3, 0.4) is 0 Å². The number of amides is 1. The van der Waals surface area contributed by atoms with Gasteiger partial charge in [-0.1, -0.05) is 6.92 Å². The number of sulfonamides is 1. The third kappa shape index (κ3) is 4.91. The van der Waals surface area contributed by atoms with Crippen molar-refractivity contribution in [2.75, 3.05) is 6.54 Å². The first-order valence-corrected chi connectivity index (χ1v) is 6.70. The summed E-state index contributed by atoms with van der Waals surface area (Å²) < 4.78 is 26.2. The van der Waals surface area contributed by atoms with Gasteiger partial charge in [0.15, 0.2) is 0 Å². The molecule has 0 saturated carbocycles. The highest BCUT2D eigenvalue weighted by atomic mass is 32.2. The second kappa shape index (κ2) is 5.60. The number of primary amides is 1. The van der Waals surface area contributed by atoms with Crippen LogP contribution in [-0.2, 0) is 14.8 Å². The SMILES string of the molecule is CCC(CN)S(=O)(=O)NC(C)(C)CC(N)=O. The molecule has 0 spiro atoms. The molecular formula is C9H21N3O3S. The third-order valence-corrected chi connectivity index (χ3v) is 4.43. The molecule has 0 fully saturated rings. The van der Waals surface area contributed by atoms with Crippen molar-refractivity contribution in [2.24, 2.45) is 11.5 Å². The molecule has 0 aliphatic heterocycles. The molecule has 0 rings (SSSR count). The van der Waals surface area contributed by atoms with Crippen LogP contribution in [0.4, 0.5) is 0 Å². The first kappa shape index (κ1) is 15.3. The van der Waals surface area contributed by atoms with E-state index in [0.717, 1.165) is 0 Å². The quantitative estimate of drug-likeness (QED) is 0.554. The molecule has 7 heteroatoms. The maximum atomic E-state index is 11.8. The zero-order valence-corrected chi connectivity index (χ0v) is 10.8. The normalized spacial score (nSPS) is 14.8. The van der Waals surface area contributed by atoms with Crippen LogP contribution in [0.1, 0.15) is 33.6 Å². The van der Waals surface area contributed by atoms with E-state index in [2.05, 4.69) is 4.72 Å². The summed E-state index contributed by atoms with van der Waals surface area (Å²) in [5, 5.41) is -0.639. The Balaban J connectivity index is 4.76. The van der Waals surface area contributed by atoms with Crippen LogP contribution in [0.5, 0.6) is 0 Å². The van der Waals surface area contributed by atoms with E-state index < -0.39 is 26.7 Å². The fraction of sp³-hybridized carbons (Fsp3) is 0.889. The van der Waals surface area contributed by atoms with Crippen molar-refractivity contribution in [1.82, 2.24) is 4.72 Å². The summed E-state index contributed by atoms with van der Waals surface area (Å²) in [6, 6.07) is 0. The first-order chi connectivity index (χ1) is 7.14. The molecule has 1 unspecified atom stereocenters. The van der Waals surface area contributed by atoms with E-state index in [0.29, 0.717) is 6.42 Å². The van der Waals surface area contributed by atoms with Crippen LogP contribution in [0.25, 0.3) is 0 Å². The Hall–Kier alpha value is -0.660. The van der Waals surface area contributed by atoms with E-state index in [4.69, 9.17) is 11.5 Å². The lowest BCUT2D eigenvalue weighted by Crippen LogP contribution is -2.50. The van der Waals surface area contributed by atoms with E-state index in [9.17, 15) is 13.2 Å². The van der Waals surface area contributed by atoms with Crippen molar-refractivity contribution < 1.29 is 13.2 Å². The number of nitrogens with one attached hydrogen (secondary N) is 1. The molecule has 0 heterocycles. The standard InChI is InChI=1S/C9H21N3O3S/c1-4-7(6-10)16(14,15)12-9(2,3)5-8(11)13/h7,12H,4-6,10H2,1-3H3,(H2,11,13). The Bertz CT molecular complexity index is 334. The van der Waals surface area contributed by atoms with Gasteiger partial charge in [0.05, 0.1) is 5.25 Å². The Kier molecular flexibility index (Phi) is 5.37. The van der Waals surface area contributed by atoms with Crippen molar-refractivity contribution >= 4 is 15.9 Å². The van der Waals surface area contributed by atoms with Gasteiger partial charge >= 0.3 is 0 Å². The second-order valence-electron chi connectivity index (χ2n) is 4.44. The average molecular weight is 251 g/mol. The van der Waals surface area contributed by atoms with Crippen molar-refractivity contribution in [1.29, 1.82) is 0 Å². The van der Waals surface area contributed by atoms with Gasteiger partial charge < -0.3 is 11.5 Å². The van der Waals surface area contributed by atoms with E-state index in [1.54, 1.807) is 20.8 Å². The van der Waals surface area contributed by atoms with Crippen LogP contribution in [0.15, 0.2) is 0 Å². The molecule has 0 aliphatic rings. The summed E-state index contributed by atoms with van der Waals surface area (Å²) in [6.45, 7) is 5.02. The van der Waals surface area contributed by atoms with Crippen molar-refractivity contribution in [3.63, 3.8) is 0 Å². The Morgan fingerprint density at radius 3 is 2.25 bits per heavy atom. The van der Waals surface area contributed by atoms with Gasteiger partial charge in [-0.3, -0.25) is 4.79 Å². The van der Waals surface area contributed by atoms with Crippen LogP contribution >= 0.6 is 0 Å². The Labute approximate surface area is 96.8 Å². The molecule has 1 atom stereocenters. The second-order valence-corrected chi connectivity index (χ2v) is 6.40. The predicted octanol–water partition coefficient (Wildman–Crippen LogP) is -0.703. The lowest BCUT2D eigenvalue weighted by atomic mass is 10.0. The van der Waals surface area contributed by atoms with E-state index in [1.807, 2.05) is 0 Å². The lowest BCUT2D eigenvalue weighted by molar-refractivity contribution is -0.119. The van der Waals surface area contributed by atoms with Gasteiger partial charge in [-0.15, -0.1) is 0 Å². The lowest BCUT2D eigenvalue weighted by Gasteiger charge is -2.27. The average Bonchev–Trinajstić information content (AvgIpc) is 1.99. The molecule has 0 aliphatic carbocycles. The maximum absolute atomic E-state index is 11.8. The summed E-state index contributed by atoms with van der Waals surface area (Å²) >= 11 is 0. The van der Waals surface area contributed by atoms with Gasteiger partial charge in [0, 0.05) is 18.5 Å². The molecule has 16 heavy (non-hydrogen) atoms. The molecule has 96 valence electrons. The molecule has 0 aromatic heterocycles. The molecule has 0 saturated heterocycles. The highest BCUT2D eigenvalue weighted by molar-refractivity contribution is 7.90. The van der Waals surface area contributed by atoms with Crippen LogP contribution in [0.2, 0.25) is 0 Å². The number of hydrogen-bond acceptors (Lipinski definition) is 4. The number of hydrogen-bond donors (Lipinski definition) is 3. The topological polar surface area (TPSA) is 115 Å². The zero-order valence-electron chi connectivity index (χ0n) is 9.99. The summed E-state index contributed by atoms with van der Waals surface area (Å²) in [4.78, 5) is 10.8. The number of carbonyl (C=O) groups is 1. The van der Waals surface area contributed by atoms with Crippen LogP contribution < -0.4 is 16.2 Å². The Morgan fingerprint density at radius 2 is 1.94 bits per heavy atom. The van der Waals surface area contributed by atoms with Gasteiger partial charge in [0.25, 0.3) is 0 Å². The largest absolute Gasteiger partial charge is 0.370 e.